The zero-order chi connectivity index (χ0) is 13.5. The Morgan fingerprint density at radius 2 is 1.84 bits per heavy atom. The second-order valence-electron chi connectivity index (χ2n) is 5.01. The molecule has 0 bridgehead atoms. The number of nitrogens with zero attached hydrogens (tertiary/aromatic N) is 1. The minimum atomic E-state index is 0.152. The minimum absolute atomic E-state index is 0.152. The predicted octanol–water partition coefficient (Wildman–Crippen LogP) is 3.02. The SMILES string of the molecule is Nc1ccc(C(=O)SCCCN2CCCCC2)cc1. The van der Waals surface area contributed by atoms with E-state index in [1.165, 1.54) is 44.1 Å². The van der Waals surface area contributed by atoms with E-state index < -0.39 is 0 Å². The molecule has 1 aliphatic heterocycles. The average Bonchev–Trinajstić information content (AvgIpc) is 2.45. The molecule has 0 amide bonds. The van der Waals surface area contributed by atoms with Crippen LogP contribution in [0.3, 0.4) is 0 Å². The third-order valence-electron chi connectivity index (χ3n) is 3.45. The average molecular weight is 278 g/mol. The number of rotatable bonds is 5. The standard InChI is InChI=1S/C15H22N2OS/c16-14-7-5-13(6-8-14)15(18)19-12-4-11-17-9-2-1-3-10-17/h5-8H,1-4,9-12,16H2. The van der Waals surface area contributed by atoms with Gasteiger partial charge in [0, 0.05) is 17.0 Å². The molecule has 104 valence electrons. The number of hydrogen-bond donors (Lipinski definition) is 1. The number of likely N-dealkylation sites (tertiary alicyclic amines) is 1. The Hall–Kier alpha value is -1.00. The van der Waals surface area contributed by atoms with Crippen LogP contribution in [0.5, 0.6) is 0 Å². The van der Waals surface area contributed by atoms with Gasteiger partial charge in [-0.2, -0.15) is 0 Å². The first-order valence-electron chi connectivity index (χ1n) is 7.01. The highest BCUT2D eigenvalue weighted by molar-refractivity contribution is 8.14. The van der Waals surface area contributed by atoms with Gasteiger partial charge in [0.2, 0.25) is 5.12 Å². The molecule has 0 atom stereocenters. The molecule has 3 nitrogen and oxygen atoms in total. The molecule has 0 aromatic heterocycles. The quantitative estimate of drug-likeness (QED) is 0.664. The first kappa shape index (κ1) is 14.4. The van der Waals surface area contributed by atoms with Crippen LogP contribution < -0.4 is 5.73 Å². The third kappa shape index (κ3) is 4.88. The van der Waals surface area contributed by atoms with Crippen molar-refractivity contribution in [2.75, 3.05) is 31.1 Å². The molecular formula is C15H22N2OS. The lowest BCUT2D eigenvalue weighted by atomic mass is 10.1. The molecule has 0 radical (unpaired) electrons. The van der Waals surface area contributed by atoms with Crippen molar-refractivity contribution in [3.05, 3.63) is 29.8 Å². The van der Waals surface area contributed by atoms with Gasteiger partial charge in [-0.1, -0.05) is 18.2 Å². The van der Waals surface area contributed by atoms with Crippen LogP contribution in [0.2, 0.25) is 0 Å². The van der Waals surface area contributed by atoms with Gasteiger partial charge in [0.25, 0.3) is 0 Å². The van der Waals surface area contributed by atoms with Crippen LogP contribution in [0.25, 0.3) is 0 Å². The smallest absolute Gasteiger partial charge is 0.219 e. The highest BCUT2D eigenvalue weighted by Gasteiger charge is 2.10. The molecule has 0 saturated carbocycles. The van der Waals surface area contributed by atoms with Crippen molar-refractivity contribution in [2.45, 2.75) is 25.7 Å². The molecule has 4 heteroatoms. The lowest BCUT2D eigenvalue weighted by molar-refractivity contribution is 0.108. The van der Waals surface area contributed by atoms with Crippen LogP contribution in [-0.4, -0.2) is 35.4 Å². The monoisotopic (exact) mass is 278 g/mol. The van der Waals surface area contributed by atoms with E-state index >= 15 is 0 Å². The number of benzene rings is 1. The van der Waals surface area contributed by atoms with E-state index in [4.69, 9.17) is 5.73 Å². The van der Waals surface area contributed by atoms with E-state index in [0.717, 1.165) is 24.3 Å². The summed E-state index contributed by atoms with van der Waals surface area (Å²) < 4.78 is 0. The van der Waals surface area contributed by atoms with Gasteiger partial charge in [-0.05, 0) is 63.2 Å². The number of nitrogens with two attached hydrogens (primary N) is 1. The van der Waals surface area contributed by atoms with Crippen LogP contribution in [0.4, 0.5) is 5.69 Å². The van der Waals surface area contributed by atoms with Crippen LogP contribution >= 0.6 is 11.8 Å². The first-order chi connectivity index (χ1) is 9.25. The molecule has 0 unspecified atom stereocenters. The van der Waals surface area contributed by atoms with Crippen molar-refractivity contribution in [3.8, 4) is 0 Å². The molecule has 0 aliphatic carbocycles. The molecule has 1 aliphatic rings. The van der Waals surface area contributed by atoms with Crippen molar-refractivity contribution in [1.29, 1.82) is 0 Å². The lowest BCUT2D eigenvalue weighted by Gasteiger charge is -2.26. The van der Waals surface area contributed by atoms with E-state index in [-0.39, 0.29) is 5.12 Å². The molecule has 1 aromatic carbocycles. The third-order valence-corrected chi connectivity index (χ3v) is 4.44. The minimum Gasteiger partial charge on any atom is -0.399 e. The van der Waals surface area contributed by atoms with Gasteiger partial charge >= 0.3 is 0 Å². The van der Waals surface area contributed by atoms with Crippen LogP contribution in [0.15, 0.2) is 24.3 Å². The van der Waals surface area contributed by atoms with Gasteiger partial charge in [-0.25, -0.2) is 0 Å². The molecule has 1 aromatic rings. The molecule has 1 saturated heterocycles. The zero-order valence-electron chi connectivity index (χ0n) is 11.3. The fraction of sp³-hybridized carbons (Fsp3) is 0.533. The number of hydrogen-bond acceptors (Lipinski definition) is 4. The maximum atomic E-state index is 11.9. The first-order valence-corrected chi connectivity index (χ1v) is 7.99. The van der Waals surface area contributed by atoms with E-state index in [1.54, 1.807) is 24.3 Å². The summed E-state index contributed by atoms with van der Waals surface area (Å²) in [7, 11) is 0. The molecule has 1 fully saturated rings. The highest BCUT2D eigenvalue weighted by atomic mass is 32.2. The fourth-order valence-corrected chi connectivity index (χ4v) is 3.10. The van der Waals surface area contributed by atoms with Crippen molar-refractivity contribution >= 4 is 22.6 Å². The summed E-state index contributed by atoms with van der Waals surface area (Å²) in [5.41, 5.74) is 7.06. The van der Waals surface area contributed by atoms with Crippen LogP contribution in [-0.2, 0) is 0 Å². The number of thioether (sulfide) groups is 1. The summed E-state index contributed by atoms with van der Waals surface area (Å²) in [5, 5.41) is 0.152. The van der Waals surface area contributed by atoms with Crippen LogP contribution in [0.1, 0.15) is 36.0 Å². The topological polar surface area (TPSA) is 46.3 Å². The van der Waals surface area contributed by atoms with E-state index in [0.29, 0.717) is 5.69 Å². The molecule has 2 N–H and O–H groups in total. The normalized spacial score (nSPS) is 16.4. The Morgan fingerprint density at radius 1 is 1.16 bits per heavy atom. The molecule has 19 heavy (non-hydrogen) atoms. The second kappa shape index (κ2) is 7.56. The van der Waals surface area contributed by atoms with Gasteiger partial charge in [0.05, 0.1) is 0 Å². The Morgan fingerprint density at radius 3 is 2.53 bits per heavy atom. The van der Waals surface area contributed by atoms with Crippen molar-refractivity contribution < 1.29 is 4.79 Å². The molecule has 0 spiro atoms. The number of nitrogen functional groups attached to an aromatic ring is 1. The molecule has 2 rings (SSSR count). The second-order valence-corrected chi connectivity index (χ2v) is 6.08. The van der Waals surface area contributed by atoms with Crippen LogP contribution in [0, 0.1) is 0 Å². The Kier molecular flexibility index (Phi) is 5.73. The number of carbonyl (C=O) groups excluding carboxylic acids is 1. The summed E-state index contributed by atoms with van der Waals surface area (Å²) in [5.74, 6) is 0.902. The van der Waals surface area contributed by atoms with E-state index in [9.17, 15) is 4.79 Å². The number of piperidine rings is 1. The zero-order valence-corrected chi connectivity index (χ0v) is 12.1. The number of carbonyl (C=O) groups is 1. The maximum absolute atomic E-state index is 11.9. The number of anilines is 1. The van der Waals surface area contributed by atoms with Gasteiger partial charge in [0.1, 0.15) is 0 Å². The summed E-state index contributed by atoms with van der Waals surface area (Å²) in [6.07, 6.45) is 5.13. The van der Waals surface area contributed by atoms with Gasteiger partial charge < -0.3 is 10.6 Å². The van der Waals surface area contributed by atoms with Gasteiger partial charge in [-0.3, -0.25) is 4.79 Å². The summed E-state index contributed by atoms with van der Waals surface area (Å²) >= 11 is 1.42. The Balaban J connectivity index is 1.64. The van der Waals surface area contributed by atoms with E-state index in [1.807, 2.05) is 0 Å². The van der Waals surface area contributed by atoms with Crippen molar-refractivity contribution in [2.24, 2.45) is 0 Å². The summed E-state index contributed by atoms with van der Waals surface area (Å²) in [6.45, 7) is 3.59. The maximum Gasteiger partial charge on any atom is 0.219 e. The largest absolute Gasteiger partial charge is 0.399 e. The van der Waals surface area contributed by atoms with Crippen molar-refractivity contribution in [3.63, 3.8) is 0 Å². The summed E-state index contributed by atoms with van der Waals surface area (Å²) in [4.78, 5) is 14.4. The van der Waals surface area contributed by atoms with Gasteiger partial charge in [-0.15, -0.1) is 0 Å². The van der Waals surface area contributed by atoms with Crippen molar-refractivity contribution in [1.82, 2.24) is 4.90 Å². The fourth-order valence-electron chi connectivity index (χ4n) is 2.34. The Labute approximate surface area is 119 Å². The van der Waals surface area contributed by atoms with Gasteiger partial charge in [0.15, 0.2) is 0 Å². The Bertz CT molecular complexity index is 399. The summed E-state index contributed by atoms with van der Waals surface area (Å²) in [6, 6.07) is 7.16. The van der Waals surface area contributed by atoms with E-state index in [2.05, 4.69) is 4.90 Å². The predicted molar refractivity (Wildman–Crippen MR) is 82.6 cm³/mol. The molecule has 1 heterocycles. The highest BCUT2D eigenvalue weighted by Crippen LogP contribution is 2.16. The lowest BCUT2D eigenvalue weighted by Crippen LogP contribution is -2.30. The molecular weight excluding hydrogens is 256 g/mol.